The summed E-state index contributed by atoms with van der Waals surface area (Å²) in [4.78, 5) is 0.124. The zero-order valence-electron chi connectivity index (χ0n) is 10.2. The molecule has 5 heteroatoms. The van der Waals surface area contributed by atoms with Crippen molar-refractivity contribution in [3.8, 4) is 5.75 Å². The predicted octanol–water partition coefficient (Wildman–Crippen LogP) is 3.28. The number of hydrogen-bond acceptors (Lipinski definition) is 2. The normalized spacial score (nSPS) is 12.2. The Morgan fingerprint density at radius 2 is 1.84 bits per heavy atom. The summed E-state index contributed by atoms with van der Waals surface area (Å²) in [6.45, 7) is 0. The molecule has 0 spiro atoms. The van der Waals surface area contributed by atoms with Crippen LogP contribution in [0.15, 0.2) is 47.4 Å². The first-order valence-electron chi connectivity index (χ1n) is 5.57. The minimum absolute atomic E-state index is 0.0574. The minimum Gasteiger partial charge on any atom is -0.494 e. The summed E-state index contributed by atoms with van der Waals surface area (Å²) in [6.07, 6.45) is 0. The Kier molecular flexibility index (Phi) is 4.27. The second-order valence-corrected chi connectivity index (χ2v) is 5.31. The summed E-state index contributed by atoms with van der Waals surface area (Å²) in [5, 5.41) is 0. The van der Waals surface area contributed by atoms with Crippen molar-refractivity contribution in [1.29, 1.82) is 0 Å². The smallest absolute Gasteiger partial charge is 0.165 e. The summed E-state index contributed by atoms with van der Waals surface area (Å²) in [6, 6.07) is 10.2. The molecule has 2 aromatic rings. The van der Waals surface area contributed by atoms with Gasteiger partial charge in [0, 0.05) is 0 Å². The lowest BCUT2D eigenvalue weighted by Gasteiger charge is -2.06. The second-order valence-electron chi connectivity index (χ2n) is 3.89. The summed E-state index contributed by atoms with van der Waals surface area (Å²) in [5.74, 6) is -0.859. The van der Waals surface area contributed by atoms with Crippen LogP contribution in [-0.2, 0) is 16.6 Å². The van der Waals surface area contributed by atoms with Crippen molar-refractivity contribution in [3.05, 3.63) is 59.7 Å². The van der Waals surface area contributed by atoms with Gasteiger partial charge in [0.1, 0.15) is 5.82 Å². The van der Waals surface area contributed by atoms with Gasteiger partial charge in [-0.3, -0.25) is 4.21 Å². The lowest BCUT2D eigenvalue weighted by molar-refractivity contribution is 0.386. The molecule has 0 bridgehead atoms. The number of hydrogen-bond donors (Lipinski definition) is 0. The highest BCUT2D eigenvalue weighted by Gasteiger charge is 2.11. The van der Waals surface area contributed by atoms with Crippen LogP contribution in [0.2, 0.25) is 0 Å². The van der Waals surface area contributed by atoms with Crippen LogP contribution >= 0.6 is 0 Å². The molecule has 0 saturated heterocycles. The van der Waals surface area contributed by atoms with Gasteiger partial charge in [0.25, 0.3) is 0 Å². The third-order valence-electron chi connectivity index (χ3n) is 2.60. The quantitative estimate of drug-likeness (QED) is 0.860. The Balaban J connectivity index is 2.20. The van der Waals surface area contributed by atoms with Crippen LogP contribution in [0.25, 0.3) is 0 Å². The molecule has 0 saturated carbocycles. The van der Waals surface area contributed by atoms with Crippen molar-refractivity contribution in [3.63, 3.8) is 0 Å². The molecule has 100 valence electrons. The van der Waals surface area contributed by atoms with Gasteiger partial charge in [-0.2, -0.15) is 0 Å². The van der Waals surface area contributed by atoms with Crippen LogP contribution < -0.4 is 4.74 Å². The molecule has 19 heavy (non-hydrogen) atoms. The molecule has 0 fully saturated rings. The van der Waals surface area contributed by atoms with Crippen LogP contribution in [0.4, 0.5) is 8.78 Å². The van der Waals surface area contributed by atoms with E-state index in [0.29, 0.717) is 5.56 Å². The third-order valence-corrected chi connectivity index (χ3v) is 4.01. The van der Waals surface area contributed by atoms with Crippen molar-refractivity contribution < 1.29 is 17.7 Å². The fourth-order valence-corrected chi connectivity index (χ4v) is 2.81. The Morgan fingerprint density at radius 1 is 1.11 bits per heavy atom. The van der Waals surface area contributed by atoms with Gasteiger partial charge < -0.3 is 4.74 Å². The Hall–Kier alpha value is -1.75. The summed E-state index contributed by atoms with van der Waals surface area (Å²) < 4.78 is 43.8. The molecule has 2 aromatic carbocycles. The number of ether oxygens (including phenoxy) is 1. The molecule has 0 aliphatic carbocycles. The van der Waals surface area contributed by atoms with Gasteiger partial charge in [-0.25, -0.2) is 8.78 Å². The number of rotatable bonds is 4. The standard InChI is InChI=1S/C14H12F2O2S/c1-18-13-7-6-10(8-12(13)16)9-19(17)14-5-3-2-4-11(14)15/h2-8H,9H2,1H3. The lowest BCUT2D eigenvalue weighted by atomic mass is 10.2. The van der Waals surface area contributed by atoms with E-state index < -0.39 is 22.4 Å². The van der Waals surface area contributed by atoms with Crippen molar-refractivity contribution in [1.82, 2.24) is 0 Å². The number of halogens is 2. The van der Waals surface area contributed by atoms with Crippen molar-refractivity contribution in [2.24, 2.45) is 0 Å². The van der Waals surface area contributed by atoms with E-state index in [0.717, 1.165) is 0 Å². The van der Waals surface area contributed by atoms with Crippen molar-refractivity contribution in [2.45, 2.75) is 10.6 Å². The van der Waals surface area contributed by atoms with Crippen LogP contribution in [-0.4, -0.2) is 11.3 Å². The first-order chi connectivity index (χ1) is 9.11. The zero-order chi connectivity index (χ0) is 13.8. The molecule has 2 nitrogen and oxygen atoms in total. The molecule has 0 radical (unpaired) electrons. The average molecular weight is 282 g/mol. The summed E-state index contributed by atoms with van der Waals surface area (Å²) in [5.41, 5.74) is 0.528. The minimum atomic E-state index is -1.55. The molecular formula is C14H12F2O2S. The lowest BCUT2D eigenvalue weighted by Crippen LogP contribution is -2.00. The SMILES string of the molecule is COc1ccc(CS(=O)c2ccccc2F)cc1F. The van der Waals surface area contributed by atoms with E-state index in [1.807, 2.05) is 0 Å². The third kappa shape index (κ3) is 3.17. The monoisotopic (exact) mass is 282 g/mol. The highest BCUT2D eigenvalue weighted by Crippen LogP contribution is 2.21. The molecule has 0 heterocycles. The maximum atomic E-state index is 13.5. The van der Waals surface area contributed by atoms with Gasteiger partial charge in [-0.15, -0.1) is 0 Å². The second kappa shape index (κ2) is 5.93. The molecule has 0 aliphatic heterocycles. The maximum Gasteiger partial charge on any atom is 0.165 e. The van der Waals surface area contributed by atoms with E-state index in [4.69, 9.17) is 4.74 Å². The van der Waals surface area contributed by atoms with Crippen LogP contribution in [0.1, 0.15) is 5.56 Å². The van der Waals surface area contributed by atoms with Crippen LogP contribution in [0, 0.1) is 11.6 Å². The van der Waals surface area contributed by atoms with Gasteiger partial charge in [0.2, 0.25) is 0 Å². The predicted molar refractivity (Wildman–Crippen MR) is 69.5 cm³/mol. The highest BCUT2D eigenvalue weighted by atomic mass is 32.2. The van der Waals surface area contributed by atoms with E-state index in [-0.39, 0.29) is 16.4 Å². The molecule has 0 aromatic heterocycles. The van der Waals surface area contributed by atoms with Gasteiger partial charge >= 0.3 is 0 Å². The molecule has 0 aliphatic rings. The van der Waals surface area contributed by atoms with Gasteiger partial charge in [0.15, 0.2) is 11.6 Å². The molecule has 0 amide bonds. The average Bonchev–Trinajstić information content (AvgIpc) is 2.39. The van der Waals surface area contributed by atoms with Crippen molar-refractivity contribution >= 4 is 10.8 Å². The first kappa shape index (κ1) is 13.7. The Morgan fingerprint density at radius 3 is 2.47 bits per heavy atom. The first-order valence-corrected chi connectivity index (χ1v) is 6.89. The summed E-state index contributed by atoms with van der Waals surface area (Å²) in [7, 11) is -0.175. The highest BCUT2D eigenvalue weighted by molar-refractivity contribution is 7.84. The topological polar surface area (TPSA) is 26.3 Å². The molecule has 0 N–H and O–H groups in total. The Bertz CT molecular complexity index is 614. The van der Waals surface area contributed by atoms with Gasteiger partial charge in [-0.05, 0) is 29.8 Å². The molecule has 2 rings (SSSR count). The fourth-order valence-electron chi connectivity index (χ4n) is 1.66. The maximum absolute atomic E-state index is 13.5. The van der Waals surface area contributed by atoms with E-state index in [2.05, 4.69) is 0 Å². The number of benzene rings is 2. The van der Waals surface area contributed by atoms with Crippen LogP contribution in [0.5, 0.6) is 5.75 Å². The van der Waals surface area contributed by atoms with E-state index in [9.17, 15) is 13.0 Å². The van der Waals surface area contributed by atoms with E-state index in [1.165, 1.54) is 37.4 Å². The largest absolute Gasteiger partial charge is 0.494 e. The molecular weight excluding hydrogens is 270 g/mol. The van der Waals surface area contributed by atoms with E-state index >= 15 is 0 Å². The number of methoxy groups -OCH3 is 1. The van der Waals surface area contributed by atoms with Gasteiger partial charge in [0.05, 0.1) is 28.6 Å². The van der Waals surface area contributed by atoms with Crippen molar-refractivity contribution in [2.75, 3.05) is 7.11 Å². The van der Waals surface area contributed by atoms with Crippen LogP contribution in [0.3, 0.4) is 0 Å². The van der Waals surface area contributed by atoms with Gasteiger partial charge in [-0.1, -0.05) is 18.2 Å². The Labute approximate surface area is 112 Å². The molecule has 1 unspecified atom stereocenters. The summed E-state index contributed by atoms with van der Waals surface area (Å²) >= 11 is 0. The fraction of sp³-hybridized carbons (Fsp3) is 0.143. The zero-order valence-corrected chi connectivity index (χ0v) is 11.0. The molecule has 1 atom stereocenters. The van der Waals surface area contributed by atoms with E-state index in [1.54, 1.807) is 12.1 Å².